The van der Waals surface area contributed by atoms with Crippen LogP contribution < -0.4 is 10.9 Å². The second kappa shape index (κ2) is 5.28. The highest BCUT2D eigenvalue weighted by Crippen LogP contribution is 2.29. The van der Waals surface area contributed by atoms with Crippen molar-refractivity contribution in [2.75, 3.05) is 0 Å². The Balaban J connectivity index is 1.80. The number of aromatic nitrogens is 2. The van der Waals surface area contributed by atoms with Crippen molar-refractivity contribution in [3.05, 3.63) is 63.6 Å². The highest BCUT2D eigenvalue weighted by molar-refractivity contribution is 5.92. The average Bonchev–Trinajstić information content (AvgIpc) is 2.48. The third-order valence-electron chi connectivity index (χ3n) is 3.59. The second-order valence-corrected chi connectivity index (χ2v) is 4.92. The lowest BCUT2D eigenvalue weighted by atomic mass is 9.87. The Morgan fingerprint density at radius 3 is 2.90 bits per heavy atom. The lowest BCUT2D eigenvalue weighted by Gasteiger charge is -2.26. The SMILES string of the molecule is O=C(N[C@H]1CCCc2ccccc21)c1ccc(=O)[nH]n1. The minimum Gasteiger partial charge on any atom is -0.344 e. The van der Waals surface area contributed by atoms with Gasteiger partial charge in [-0.25, -0.2) is 5.10 Å². The van der Waals surface area contributed by atoms with E-state index >= 15 is 0 Å². The summed E-state index contributed by atoms with van der Waals surface area (Å²) < 4.78 is 0. The van der Waals surface area contributed by atoms with Crippen LogP contribution in [0, 0.1) is 0 Å². The topological polar surface area (TPSA) is 74.8 Å². The van der Waals surface area contributed by atoms with Crippen molar-refractivity contribution < 1.29 is 4.79 Å². The summed E-state index contributed by atoms with van der Waals surface area (Å²) in [5.41, 5.74) is 2.38. The minimum absolute atomic E-state index is 0.0150. The number of carbonyl (C=O) groups is 1. The Kier molecular flexibility index (Phi) is 3.33. The number of nitrogens with one attached hydrogen (secondary N) is 2. The van der Waals surface area contributed by atoms with Crippen LogP contribution in [0.25, 0.3) is 0 Å². The predicted octanol–water partition coefficient (Wildman–Crippen LogP) is 1.58. The van der Waals surface area contributed by atoms with Crippen LogP contribution in [0.4, 0.5) is 0 Å². The number of aryl methyl sites for hydroxylation is 1. The fraction of sp³-hybridized carbons (Fsp3) is 0.267. The van der Waals surface area contributed by atoms with E-state index < -0.39 is 0 Å². The van der Waals surface area contributed by atoms with Gasteiger partial charge in [-0.15, -0.1) is 0 Å². The number of fused-ring (bicyclic) bond motifs is 1. The van der Waals surface area contributed by atoms with Crippen LogP contribution in [0.15, 0.2) is 41.2 Å². The molecule has 0 unspecified atom stereocenters. The molecule has 2 N–H and O–H groups in total. The molecule has 1 amide bonds. The molecule has 0 saturated heterocycles. The molecule has 20 heavy (non-hydrogen) atoms. The number of nitrogens with zero attached hydrogens (tertiary/aromatic N) is 1. The van der Waals surface area contributed by atoms with Gasteiger partial charge in [-0.2, -0.15) is 5.10 Å². The van der Waals surface area contributed by atoms with Crippen LogP contribution in [0.2, 0.25) is 0 Å². The van der Waals surface area contributed by atoms with Gasteiger partial charge >= 0.3 is 0 Å². The number of hydrogen-bond donors (Lipinski definition) is 2. The summed E-state index contributed by atoms with van der Waals surface area (Å²) in [6.07, 6.45) is 3.03. The quantitative estimate of drug-likeness (QED) is 0.869. The van der Waals surface area contributed by atoms with Gasteiger partial charge in [-0.1, -0.05) is 24.3 Å². The number of H-pyrrole nitrogens is 1. The molecule has 1 aliphatic carbocycles. The van der Waals surface area contributed by atoms with Crippen molar-refractivity contribution in [2.45, 2.75) is 25.3 Å². The molecule has 5 heteroatoms. The Morgan fingerprint density at radius 2 is 2.10 bits per heavy atom. The third-order valence-corrected chi connectivity index (χ3v) is 3.59. The number of aromatic amines is 1. The Hall–Kier alpha value is -2.43. The molecular formula is C15H15N3O2. The molecular weight excluding hydrogens is 254 g/mol. The lowest BCUT2D eigenvalue weighted by molar-refractivity contribution is 0.0926. The summed E-state index contributed by atoms with van der Waals surface area (Å²) in [6.45, 7) is 0. The first-order valence-electron chi connectivity index (χ1n) is 6.68. The highest BCUT2D eigenvalue weighted by atomic mass is 16.2. The summed E-state index contributed by atoms with van der Waals surface area (Å²) >= 11 is 0. The van der Waals surface area contributed by atoms with E-state index in [-0.39, 0.29) is 23.2 Å². The molecule has 1 atom stereocenters. The summed E-state index contributed by atoms with van der Waals surface area (Å²) in [5.74, 6) is -0.261. The Morgan fingerprint density at radius 1 is 1.25 bits per heavy atom. The van der Waals surface area contributed by atoms with Gasteiger partial charge in [0.15, 0.2) is 0 Å². The molecule has 0 bridgehead atoms. The zero-order chi connectivity index (χ0) is 13.9. The number of amides is 1. The van der Waals surface area contributed by atoms with Crippen LogP contribution in [0.1, 0.15) is 40.5 Å². The van der Waals surface area contributed by atoms with Crippen LogP contribution in [-0.2, 0) is 6.42 Å². The van der Waals surface area contributed by atoms with E-state index in [1.807, 2.05) is 12.1 Å². The van der Waals surface area contributed by atoms with E-state index in [1.54, 1.807) is 0 Å². The number of carbonyl (C=O) groups excluding carboxylic acids is 1. The maximum absolute atomic E-state index is 12.1. The van der Waals surface area contributed by atoms with E-state index in [9.17, 15) is 9.59 Å². The fourth-order valence-electron chi connectivity index (χ4n) is 2.61. The molecule has 0 aliphatic heterocycles. The number of rotatable bonds is 2. The van der Waals surface area contributed by atoms with Gasteiger partial charge in [-0.05, 0) is 36.5 Å². The summed E-state index contributed by atoms with van der Waals surface area (Å²) in [5, 5.41) is 9.01. The molecule has 1 heterocycles. The van der Waals surface area contributed by atoms with Gasteiger partial charge in [-0.3, -0.25) is 9.59 Å². The maximum atomic E-state index is 12.1. The Bertz CT molecular complexity index is 673. The number of benzene rings is 1. The first-order chi connectivity index (χ1) is 9.74. The van der Waals surface area contributed by atoms with Crippen molar-refractivity contribution in [2.24, 2.45) is 0 Å². The summed E-state index contributed by atoms with van der Waals surface area (Å²) in [6, 6.07) is 10.9. The van der Waals surface area contributed by atoms with E-state index in [0.29, 0.717) is 0 Å². The standard InChI is InChI=1S/C15H15N3O2/c19-14-9-8-13(17-18-14)15(20)16-12-7-3-5-10-4-1-2-6-11(10)12/h1-2,4,6,8-9,12H,3,5,7H2,(H,16,20)(H,18,19)/t12-/m0/s1. The third kappa shape index (κ3) is 2.47. The molecule has 0 spiro atoms. The monoisotopic (exact) mass is 269 g/mol. The lowest BCUT2D eigenvalue weighted by Crippen LogP contribution is -2.32. The predicted molar refractivity (Wildman–Crippen MR) is 74.4 cm³/mol. The summed E-state index contributed by atoms with van der Waals surface area (Å²) in [7, 11) is 0. The molecule has 3 rings (SSSR count). The van der Waals surface area contributed by atoms with Crippen molar-refractivity contribution in [1.82, 2.24) is 15.5 Å². The van der Waals surface area contributed by atoms with Gasteiger partial charge in [0, 0.05) is 6.07 Å². The molecule has 2 aromatic rings. The largest absolute Gasteiger partial charge is 0.344 e. The Labute approximate surface area is 116 Å². The zero-order valence-corrected chi connectivity index (χ0v) is 10.9. The summed E-state index contributed by atoms with van der Waals surface area (Å²) in [4.78, 5) is 23.1. The normalized spacial score (nSPS) is 17.3. The molecule has 102 valence electrons. The van der Waals surface area contributed by atoms with Crippen LogP contribution in [0.5, 0.6) is 0 Å². The molecule has 0 fully saturated rings. The van der Waals surface area contributed by atoms with E-state index in [0.717, 1.165) is 19.3 Å². The molecule has 1 aromatic heterocycles. The van der Waals surface area contributed by atoms with Gasteiger partial charge in [0.1, 0.15) is 5.69 Å². The van der Waals surface area contributed by atoms with Gasteiger partial charge in [0.2, 0.25) is 0 Å². The average molecular weight is 269 g/mol. The van der Waals surface area contributed by atoms with Gasteiger partial charge in [0.25, 0.3) is 11.5 Å². The molecule has 1 aliphatic rings. The van der Waals surface area contributed by atoms with Crippen LogP contribution in [0.3, 0.4) is 0 Å². The number of hydrogen-bond acceptors (Lipinski definition) is 3. The fourth-order valence-corrected chi connectivity index (χ4v) is 2.61. The zero-order valence-electron chi connectivity index (χ0n) is 10.9. The van der Waals surface area contributed by atoms with Crippen LogP contribution in [-0.4, -0.2) is 16.1 Å². The highest BCUT2D eigenvalue weighted by Gasteiger charge is 2.22. The molecule has 0 saturated carbocycles. The van der Waals surface area contributed by atoms with E-state index in [4.69, 9.17) is 0 Å². The van der Waals surface area contributed by atoms with Crippen molar-refractivity contribution >= 4 is 5.91 Å². The van der Waals surface area contributed by atoms with Gasteiger partial charge < -0.3 is 5.32 Å². The van der Waals surface area contributed by atoms with Crippen molar-refractivity contribution in [1.29, 1.82) is 0 Å². The van der Waals surface area contributed by atoms with E-state index in [1.165, 1.54) is 23.3 Å². The van der Waals surface area contributed by atoms with Crippen molar-refractivity contribution in [3.63, 3.8) is 0 Å². The maximum Gasteiger partial charge on any atom is 0.272 e. The smallest absolute Gasteiger partial charge is 0.272 e. The van der Waals surface area contributed by atoms with E-state index in [2.05, 4.69) is 27.6 Å². The first-order valence-corrected chi connectivity index (χ1v) is 6.68. The first kappa shape index (κ1) is 12.6. The van der Waals surface area contributed by atoms with Gasteiger partial charge in [0.05, 0.1) is 6.04 Å². The molecule has 0 radical (unpaired) electrons. The van der Waals surface area contributed by atoms with Crippen molar-refractivity contribution in [3.8, 4) is 0 Å². The molecule has 1 aromatic carbocycles. The van der Waals surface area contributed by atoms with Crippen LogP contribution >= 0.6 is 0 Å². The second-order valence-electron chi connectivity index (χ2n) is 4.92. The molecule has 5 nitrogen and oxygen atoms in total. The minimum atomic E-state index is -0.315.